The number of ether oxygens (including phenoxy) is 1. The molecule has 0 aliphatic carbocycles. The lowest BCUT2D eigenvalue weighted by molar-refractivity contribution is 0.185. The average Bonchev–Trinajstić information content (AvgIpc) is 2.45. The van der Waals surface area contributed by atoms with Gasteiger partial charge < -0.3 is 9.84 Å². The zero-order chi connectivity index (χ0) is 14.4. The molecule has 0 radical (unpaired) electrons. The SMILES string of the molecule is CC(O)CCc1ccc(OCc2ccccc2F)cc1. The maximum Gasteiger partial charge on any atom is 0.129 e. The smallest absolute Gasteiger partial charge is 0.129 e. The van der Waals surface area contributed by atoms with Crippen molar-refractivity contribution in [3.05, 3.63) is 65.5 Å². The molecule has 1 unspecified atom stereocenters. The fraction of sp³-hybridized carbons (Fsp3) is 0.294. The van der Waals surface area contributed by atoms with Gasteiger partial charge in [0, 0.05) is 5.56 Å². The molecule has 2 aromatic rings. The molecule has 0 aliphatic heterocycles. The number of halogens is 1. The monoisotopic (exact) mass is 274 g/mol. The number of aliphatic hydroxyl groups excluding tert-OH is 1. The summed E-state index contributed by atoms with van der Waals surface area (Å²) in [6.07, 6.45) is 1.30. The van der Waals surface area contributed by atoms with Crippen molar-refractivity contribution in [2.75, 3.05) is 0 Å². The van der Waals surface area contributed by atoms with Crippen molar-refractivity contribution in [1.82, 2.24) is 0 Å². The predicted molar refractivity (Wildman–Crippen MR) is 77.2 cm³/mol. The van der Waals surface area contributed by atoms with Crippen LogP contribution in [0.2, 0.25) is 0 Å². The van der Waals surface area contributed by atoms with Gasteiger partial charge in [0.25, 0.3) is 0 Å². The Morgan fingerprint density at radius 1 is 1.10 bits per heavy atom. The first-order chi connectivity index (χ1) is 9.65. The highest BCUT2D eigenvalue weighted by Crippen LogP contribution is 2.16. The molecule has 0 amide bonds. The van der Waals surface area contributed by atoms with Crippen LogP contribution in [0.4, 0.5) is 4.39 Å². The number of aliphatic hydroxyl groups is 1. The second-order valence-corrected chi connectivity index (χ2v) is 4.91. The van der Waals surface area contributed by atoms with Gasteiger partial charge in [-0.3, -0.25) is 0 Å². The number of rotatable bonds is 6. The van der Waals surface area contributed by atoms with E-state index in [0.717, 1.165) is 18.4 Å². The predicted octanol–water partition coefficient (Wildman–Crippen LogP) is 3.72. The van der Waals surface area contributed by atoms with E-state index >= 15 is 0 Å². The highest BCUT2D eigenvalue weighted by molar-refractivity contribution is 5.28. The Bertz CT molecular complexity index is 535. The van der Waals surface area contributed by atoms with Gasteiger partial charge in [-0.05, 0) is 43.5 Å². The van der Waals surface area contributed by atoms with E-state index in [1.165, 1.54) is 6.07 Å². The summed E-state index contributed by atoms with van der Waals surface area (Å²) in [5.41, 5.74) is 1.70. The molecule has 0 saturated carbocycles. The van der Waals surface area contributed by atoms with Gasteiger partial charge in [0.2, 0.25) is 0 Å². The molecule has 3 heteroatoms. The highest BCUT2D eigenvalue weighted by atomic mass is 19.1. The van der Waals surface area contributed by atoms with Crippen LogP contribution < -0.4 is 4.74 Å². The van der Waals surface area contributed by atoms with E-state index in [9.17, 15) is 9.50 Å². The van der Waals surface area contributed by atoms with Gasteiger partial charge in [-0.25, -0.2) is 4.39 Å². The van der Waals surface area contributed by atoms with Crippen molar-refractivity contribution in [2.24, 2.45) is 0 Å². The Morgan fingerprint density at radius 3 is 2.45 bits per heavy atom. The quantitative estimate of drug-likeness (QED) is 0.870. The number of hydrogen-bond acceptors (Lipinski definition) is 2. The molecule has 2 rings (SSSR count). The fourth-order valence-corrected chi connectivity index (χ4v) is 1.90. The third kappa shape index (κ3) is 4.35. The van der Waals surface area contributed by atoms with Crippen molar-refractivity contribution >= 4 is 0 Å². The van der Waals surface area contributed by atoms with Crippen LogP contribution in [-0.2, 0) is 13.0 Å². The van der Waals surface area contributed by atoms with E-state index in [-0.39, 0.29) is 18.5 Å². The zero-order valence-corrected chi connectivity index (χ0v) is 11.6. The van der Waals surface area contributed by atoms with Crippen LogP contribution >= 0.6 is 0 Å². The molecule has 0 spiro atoms. The third-order valence-electron chi connectivity index (χ3n) is 3.13. The van der Waals surface area contributed by atoms with Gasteiger partial charge in [0.1, 0.15) is 18.2 Å². The topological polar surface area (TPSA) is 29.5 Å². The van der Waals surface area contributed by atoms with E-state index in [2.05, 4.69) is 0 Å². The summed E-state index contributed by atoms with van der Waals surface area (Å²) < 4.78 is 19.0. The van der Waals surface area contributed by atoms with Crippen molar-refractivity contribution in [3.63, 3.8) is 0 Å². The molecule has 0 fully saturated rings. The molecule has 20 heavy (non-hydrogen) atoms. The molecule has 0 aromatic heterocycles. The van der Waals surface area contributed by atoms with E-state index in [4.69, 9.17) is 4.74 Å². The summed E-state index contributed by atoms with van der Waals surface area (Å²) in [4.78, 5) is 0. The van der Waals surface area contributed by atoms with Gasteiger partial charge in [-0.1, -0.05) is 30.3 Å². The first kappa shape index (κ1) is 14.5. The van der Waals surface area contributed by atoms with Crippen LogP contribution in [0.1, 0.15) is 24.5 Å². The highest BCUT2D eigenvalue weighted by Gasteiger charge is 2.02. The van der Waals surface area contributed by atoms with E-state index in [1.54, 1.807) is 25.1 Å². The molecule has 1 N–H and O–H groups in total. The van der Waals surface area contributed by atoms with Crippen LogP contribution in [-0.4, -0.2) is 11.2 Å². The summed E-state index contributed by atoms with van der Waals surface area (Å²) in [5, 5.41) is 9.24. The number of benzene rings is 2. The van der Waals surface area contributed by atoms with Crippen LogP contribution in [0.15, 0.2) is 48.5 Å². The molecule has 0 heterocycles. The molecule has 1 atom stereocenters. The molecule has 2 nitrogen and oxygen atoms in total. The molecule has 0 saturated heterocycles. The minimum Gasteiger partial charge on any atom is -0.489 e. The Morgan fingerprint density at radius 2 is 1.80 bits per heavy atom. The minimum atomic E-state index is -0.285. The second-order valence-electron chi connectivity index (χ2n) is 4.91. The largest absolute Gasteiger partial charge is 0.489 e. The lowest BCUT2D eigenvalue weighted by Gasteiger charge is -2.08. The fourth-order valence-electron chi connectivity index (χ4n) is 1.90. The first-order valence-corrected chi connectivity index (χ1v) is 6.78. The van der Waals surface area contributed by atoms with E-state index < -0.39 is 0 Å². The van der Waals surface area contributed by atoms with E-state index in [0.29, 0.717) is 11.3 Å². The Kier molecular flexibility index (Phi) is 5.13. The molecule has 0 aliphatic rings. The summed E-state index contributed by atoms with van der Waals surface area (Å²) in [6, 6.07) is 14.3. The Labute approximate surface area is 118 Å². The van der Waals surface area contributed by atoms with Crippen molar-refractivity contribution < 1.29 is 14.2 Å². The maximum atomic E-state index is 13.4. The Balaban J connectivity index is 1.89. The van der Waals surface area contributed by atoms with Crippen molar-refractivity contribution in [1.29, 1.82) is 0 Å². The minimum absolute atomic E-state index is 0.222. The molecule has 106 valence electrons. The van der Waals surface area contributed by atoms with Crippen molar-refractivity contribution in [3.8, 4) is 5.75 Å². The van der Waals surface area contributed by atoms with Crippen molar-refractivity contribution in [2.45, 2.75) is 32.5 Å². The van der Waals surface area contributed by atoms with Gasteiger partial charge in [0.15, 0.2) is 0 Å². The molecular formula is C17H19FO2. The van der Waals surface area contributed by atoms with E-state index in [1.807, 2.05) is 24.3 Å². The maximum absolute atomic E-state index is 13.4. The van der Waals surface area contributed by atoms with Crippen LogP contribution in [0, 0.1) is 5.82 Å². The molecule has 2 aromatic carbocycles. The zero-order valence-electron chi connectivity index (χ0n) is 11.6. The number of hydrogen-bond donors (Lipinski definition) is 1. The lowest BCUT2D eigenvalue weighted by atomic mass is 10.1. The van der Waals surface area contributed by atoms with Crippen LogP contribution in [0.3, 0.4) is 0 Å². The normalized spacial score (nSPS) is 12.2. The molecule has 0 bridgehead atoms. The number of aryl methyl sites for hydroxylation is 1. The van der Waals surface area contributed by atoms with Crippen LogP contribution in [0.5, 0.6) is 5.75 Å². The van der Waals surface area contributed by atoms with Gasteiger partial charge in [0.05, 0.1) is 6.10 Å². The van der Waals surface area contributed by atoms with Crippen LogP contribution in [0.25, 0.3) is 0 Å². The third-order valence-corrected chi connectivity index (χ3v) is 3.13. The second kappa shape index (κ2) is 7.06. The van der Waals surface area contributed by atoms with Gasteiger partial charge in [-0.15, -0.1) is 0 Å². The lowest BCUT2D eigenvalue weighted by Crippen LogP contribution is -2.01. The Hall–Kier alpha value is -1.87. The van der Waals surface area contributed by atoms with Gasteiger partial charge in [-0.2, -0.15) is 0 Å². The molecular weight excluding hydrogens is 255 g/mol. The van der Waals surface area contributed by atoms with Gasteiger partial charge >= 0.3 is 0 Å². The summed E-state index contributed by atoms with van der Waals surface area (Å²) in [6.45, 7) is 2.01. The standard InChI is InChI=1S/C17H19FO2/c1-13(19)6-7-14-8-10-16(11-9-14)20-12-15-4-2-3-5-17(15)18/h2-5,8-11,13,19H,6-7,12H2,1H3. The summed E-state index contributed by atoms with van der Waals surface area (Å²) in [5.74, 6) is 0.468. The summed E-state index contributed by atoms with van der Waals surface area (Å²) in [7, 11) is 0. The first-order valence-electron chi connectivity index (χ1n) is 6.78. The summed E-state index contributed by atoms with van der Waals surface area (Å²) >= 11 is 0. The average molecular weight is 274 g/mol.